The summed E-state index contributed by atoms with van der Waals surface area (Å²) in [5, 5.41) is 5.21. The molecule has 20 heavy (non-hydrogen) atoms. The zero-order valence-electron chi connectivity index (χ0n) is 12.0. The SMILES string of the molecule is CC(C)(C)OC(=O)NCCC(=O)Nc1cccc(N)c1. The lowest BCUT2D eigenvalue weighted by atomic mass is 10.2. The number of nitrogens with one attached hydrogen (secondary N) is 2. The molecule has 110 valence electrons. The maximum absolute atomic E-state index is 11.6. The Labute approximate surface area is 118 Å². The minimum atomic E-state index is -0.548. The van der Waals surface area contributed by atoms with Crippen molar-refractivity contribution in [3.05, 3.63) is 24.3 Å². The molecule has 0 saturated carbocycles. The standard InChI is InChI=1S/C14H21N3O3/c1-14(2,3)20-13(19)16-8-7-12(18)17-11-6-4-5-10(15)9-11/h4-6,9H,7-8,15H2,1-3H3,(H,16,19)(H,17,18). The first-order chi connectivity index (χ1) is 9.26. The van der Waals surface area contributed by atoms with Crippen LogP contribution in [-0.2, 0) is 9.53 Å². The Morgan fingerprint density at radius 1 is 1.30 bits per heavy atom. The van der Waals surface area contributed by atoms with Gasteiger partial charge in [-0.25, -0.2) is 4.79 Å². The highest BCUT2D eigenvalue weighted by atomic mass is 16.6. The minimum Gasteiger partial charge on any atom is -0.444 e. The molecular formula is C14H21N3O3. The number of ether oxygens (including phenoxy) is 1. The molecule has 1 aromatic rings. The van der Waals surface area contributed by atoms with Gasteiger partial charge in [-0.3, -0.25) is 4.79 Å². The quantitative estimate of drug-likeness (QED) is 0.736. The van der Waals surface area contributed by atoms with E-state index in [-0.39, 0.29) is 18.9 Å². The van der Waals surface area contributed by atoms with Crippen LogP contribution in [0.15, 0.2) is 24.3 Å². The normalized spacial score (nSPS) is 10.8. The van der Waals surface area contributed by atoms with E-state index in [0.29, 0.717) is 11.4 Å². The molecule has 0 aromatic heterocycles. The van der Waals surface area contributed by atoms with E-state index >= 15 is 0 Å². The number of alkyl carbamates (subject to hydrolysis) is 1. The van der Waals surface area contributed by atoms with Crippen molar-refractivity contribution in [2.24, 2.45) is 0 Å². The first-order valence-electron chi connectivity index (χ1n) is 6.38. The van der Waals surface area contributed by atoms with Crippen molar-refractivity contribution in [3.8, 4) is 0 Å². The summed E-state index contributed by atoms with van der Waals surface area (Å²) < 4.78 is 5.06. The molecule has 0 bridgehead atoms. The van der Waals surface area contributed by atoms with Gasteiger partial charge in [0.2, 0.25) is 5.91 Å². The van der Waals surface area contributed by atoms with Crippen molar-refractivity contribution in [2.75, 3.05) is 17.6 Å². The monoisotopic (exact) mass is 279 g/mol. The van der Waals surface area contributed by atoms with E-state index in [1.54, 1.807) is 45.0 Å². The van der Waals surface area contributed by atoms with Gasteiger partial charge in [-0.1, -0.05) is 6.07 Å². The summed E-state index contributed by atoms with van der Waals surface area (Å²) in [5.41, 5.74) is 6.27. The third-order valence-corrected chi connectivity index (χ3v) is 2.19. The second-order valence-corrected chi connectivity index (χ2v) is 5.35. The van der Waals surface area contributed by atoms with Gasteiger partial charge in [0.25, 0.3) is 0 Å². The summed E-state index contributed by atoms with van der Waals surface area (Å²) in [6.07, 6.45) is -0.372. The molecule has 1 rings (SSSR count). The Bertz CT molecular complexity index is 481. The van der Waals surface area contributed by atoms with Crippen molar-refractivity contribution in [2.45, 2.75) is 32.8 Å². The van der Waals surface area contributed by atoms with Crippen LogP contribution in [0.2, 0.25) is 0 Å². The Morgan fingerprint density at radius 2 is 2.00 bits per heavy atom. The Morgan fingerprint density at radius 3 is 2.60 bits per heavy atom. The van der Waals surface area contributed by atoms with Gasteiger partial charge in [0.05, 0.1) is 0 Å². The highest BCUT2D eigenvalue weighted by Crippen LogP contribution is 2.11. The highest BCUT2D eigenvalue weighted by molar-refractivity contribution is 5.91. The lowest BCUT2D eigenvalue weighted by Gasteiger charge is -2.19. The van der Waals surface area contributed by atoms with Crippen molar-refractivity contribution in [1.82, 2.24) is 5.32 Å². The van der Waals surface area contributed by atoms with Gasteiger partial charge in [-0.05, 0) is 39.0 Å². The second-order valence-electron chi connectivity index (χ2n) is 5.35. The number of hydrogen-bond donors (Lipinski definition) is 3. The minimum absolute atomic E-state index is 0.161. The molecule has 0 heterocycles. The summed E-state index contributed by atoms with van der Waals surface area (Å²) in [4.78, 5) is 23.0. The van der Waals surface area contributed by atoms with E-state index in [0.717, 1.165) is 0 Å². The van der Waals surface area contributed by atoms with E-state index in [9.17, 15) is 9.59 Å². The van der Waals surface area contributed by atoms with Gasteiger partial charge < -0.3 is 21.1 Å². The maximum atomic E-state index is 11.6. The molecule has 0 aliphatic rings. The van der Waals surface area contributed by atoms with Crippen LogP contribution in [0.1, 0.15) is 27.2 Å². The molecule has 1 aromatic carbocycles. The number of amides is 2. The number of nitrogen functional groups attached to an aromatic ring is 1. The zero-order chi connectivity index (χ0) is 15.2. The van der Waals surface area contributed by atoms with Crippen LogP contribution >= 0.6 is 0 Å². The van der Waals surface area contributed by atoms with Crippen molar-refractivity contribution in [3.63, 3.8) is 0 Å². The molecule has 0 saturated heterocycles. The number of hydrogen-bond acceptors (Lipinski definition) is 4. The average Bonchev–Trinajstić information content (AvgIpc) is 2.26. The lowest BCUT2D eigenvalue weighted by Crippen LogP contribution is -2.34. The number of carbonyl (C=O) groups is 2. The van der Waals surface area contributed by atoms with Crippen LogP contribution in [0.3, 0.4) is 0 Å². The average molecular weight is 279 g/mol. The van der Waals surface area contributed by atoms with Crippen molar-refractivity contribution in [1.29, 1.82) is 0 Å². The van der Waals surface area contributed by atoms with Crippen LogP contribution < -0.4 is 16.4 Å². The molecule has 0 aliphatic carbocycles. The van der Waals surface area contributed by atoms with Gasteiger partial charge in [0.15, 0.2) is 0 Å². The zero-order valence-corrected chi connectivity index (χ0v) is 12.0. The Hall–Kier alpha value is -2.24. The molecule has 4 N–H and O–H groups in total. The highest BCUT2D eigenvalue weighted by Gasteiger charge is 2.15. The number of carbonyl (C=O) groups excluding carboxylic acids is 2. The van der Waals surface area contributed by atoms with Crippen LogP contribution in [0.4, 0.5) is 16.2 Å². The summed E-state index contributed by atoms with van der Waals surface area (Å²) >= 11 is 0. The van der Waals surface area contributed by atoms with Gasteiger partial charge in [-0.15, -0.1) is 0 Å². The smallest absolute Gasteiger partial charge is 0.407 e. The number of anilines is 2. The van der Waals surface area contributed by atoms with Gasteiger partial charge in [0.1, 0.15) is 5.60 Å². The molecule has 0 fully saturated rings. The van der Waals surface area contributed by atoms with E-state index in [2.05, 4.69) is 10.6 Å². The summed E-state index contributed by atoms with van der Waals surface area (Å²) in [7, 11) is 0. The largest absolute Gasteiger partial charge is 0.444 e. The Kier molecular flexibility index (Phi) is 5.37. The number of benzene rings is 1. The van der Waals surface area contributed by atoms with Gasteiger partial charge in [-0.2, -0.15) is 0 Å². The number of nitrogens with two attached hydrogens (primary N) is 1. The topological polar surface area (TPSA) is 93.4 Å². The first-order valence-corrected chi connectivity index (χ1v) is 6.38. The van der Waals surface area contributed by atoms with Gasteiger partial charge >= 0.3 is 6.09 Å². The van der Waals surface area contributed by atoms with Crippen LogP contribution in [-0.4, -0.2) is 24.1 Å². The molecule has 0 spiro atoms. The molecule has 0 atom stereocenters. The summed E-state index contributed by atoms with van der Waals surface area (Å²) in [6.45, 7) is 5.54. The second kappa shape index (κ2) is 6.79. The van der Waals surface area contributed by atoms with E-state index < -0.39 is 11.7 Å². The predicted molar refractivity (Wildman–Crippen MR) is 78.3 cm³/mol. The van der Waals surface area contributed by atoms with E-state index in [1.807, 2.05) is 0 Å². The van der Waals surface area contributed by atoms with Crippen molar-refractivity contribution < 1.29 is 14.3 Å². The molecular weight excluding hydrogens is 258 g/mol. The fraction of sp³-hybridized carbons (Fsp3) is 0.429. The maximum Gasteiger partial charge on any atom is 0.407 e. The van der Waals surface area contributed by atoms with Crippen LogP contribution in [0, 0.1) is 0 Å². The molecule has 0 aliphatic heterocycles. The summed E-state index contributed by atoms with van der Waals surface area (Å²) in [6, 6.07) is 6.90. The molecule has 6 nitrogen and oxygen atoms in total. The fourth-order valence-electron chi connectivity index (χ4n) is 1.43. The molecule has 6 heteroatoms. The van der Waals surface area contributed by atoms with Crippen LogP contribution in [0.25, 0.3) is 0 Å². The third-order valence-electron chi connectivity index (χ3n) is 2.19. The van der Waals surface area contributed by atoms with E-state index in [4.69, 9.17) is 10.5 Å². The van der Waals surface area contributed by atoms with Crippen LogP contribution in [0.5, 0.6) is 0 Å². The Balaban J connectivity index is 2.29. The van der Waals surface area contributed by atoms with E-state index in [1.165, 1.54) is 0 Å². The van der Waals surface area contributed by atoms with Gasteiger partial charge in [0, 0.05) is 24.3 Å². The molecule has 2 amide bonds. The van der Waals surface area contributed by atoms with Crippen molar-refractivity contribution >= 4 is 23.4 Å². The first kappa shape index (κ1) is 15.8. The number of rotatable bonds is 4. The molecule has 0 radical (unpaired) electrons. The third kappa shape index (κ3) is 6.63. The predicted octanol–water partition coefficient (Wildman–Crippen LogP) is 2.12. The molecule has 0 unspecified atom stereocenters. The lowest BCUT2D eigenvalue weighted by molar-refractivity contribution is -0.116. The fourth-order valence-corrected chi connectivity index (χ4v) is 1.43. The summed E-state index contributed by atoms with van der Waals surface area (Å²) in [5.74, 6) is -0.202.